The highest BCUT2D eigenvalue weighted by Gasteiger charge is 2.35. The van der Waals surface area contributed by atoms with Crippen LogP contribution in [-0.2, 0) is 20.9 Å². The Hall–Kier alpha value is -2.39. The van der Waals surface area contributed by atoms with Crippen LogP contribution in [0.3, 0.4) is 0 Å². The zero-order valence-corrected chi connectivity index (χ0v) is 20.6. The molecule has 0 saturated carbocycles. The number of esters is 1. The Kier molecular flexibility index (Phi) is 8.53. The molecule has 11 heteroatoms. The van der Waals surface area contributed by atoms with Gasteiger partial charge in [-0.3, -0.25) is 14.5 Å². The number of rotatable bonds is 8. The van der Waals surface area contributed by atoms with Crippen LogP contribution in [0.15, 0.2) is 35.2 Å². The summed E-state index contributed by atoms with van der Waals surface area (Å²) >= 11 is 19.5. The Morgan fingerprint density at radius 3 is 2.42 bits per heavy atom. The van der Waals surface area contributed by atoms with Gasteiger partial charge in [0.2, 0.25) is 0 Å². The van der Waals surface area contributed by atoms with E-state index in [0.29, 0.717) is 27.8 Å². The molecule has 1 fully saturated rings. The van der Waals surface area contributed by atoms with Crippen molar-refractivity contribution < 1.29 is 28.6 Å². The smallest absolute Gasteiger partial charge is 0.343 e. The van der Waals surface area contributed by atoms with Gasteiger partial charge in [0.15, 0.2) is 18.1 Å². The third kappa shape index (κ3) is 5.95. The predicted octanol–water partition coefficient (Wildman–Crippen LogP) is 5.83. The van der Waals surface area contributed by atoms with E-state index < -0.39 is 17.1 Å². The van der Waals surface area contributed by atoms with E-state index in [1.54, 1.807) is 31.2 Å². The molecule has 1 saturated heterocycles. The molecule has 0 aliphatic carbocycles. The van der Waals surface area contributed by atoms with Crippen molar-refractivity contribution in [3.8, 4) is 11.5 Å². The average Bonchev–Trinajstić information content (AvgIpc) is 3.02. The third-order valence-electron chi connectivity index (χ3n) is 4.44. The maximum Gasteiger partial charge on any atom is 0.343 e. The summed E-state index contributed by atoms with van der Waals surface area (Å²) in [5, 5.41) is 0.442. The lowest BCUT2D eigenvalue weighted by Gasteiger charge is -2.15. The number of halogens is 3. The number of carbonyl (C=O) groups excluding carboxylic acids is 3. The largest absolute Gasteiger partial charge is 0.490 e. The molecule has 3 rings (SSSR count). The molecule has 0 N–H and O–H groups in total. The van der Waals surface area contributed by atoms with Crippen molar-refractivity contribution in [2.24, 2.45) is 0 Å². The summed E-state index contributed by atoms with van der Waals surface area (Å²) < 4.78 is 15.6. The number of hydrogen-bond acceptors (Lipinski definition) is 7. The Labute approximate surface area is 209 Å². The van der Waals surface area contributed by atoms with E-state index in [1.807, 2.05) is 0 Å². The standard InChI is InChI=1S/C22H18Cl3NO6S/c1-3-31-17-8-12(7-16(25)20(17)32-11-19(27)30-2)9-18-21(28)26(22(29)33-18)10-13-14(23)5-4-6-15(13)24/h4-9H,3,10-11H2,1-2H3/b18-9-. The van der Waals surface area contributed by atoms with Crippen molar-refractivity contribution in [1.82, 2.24) is 4.90 Å². The first-order valence-corrected chi connectivity index (χ1v) is 11.5. The molecular weight excluding hydrogens is 513 g/mol. The number of benzene rings is 2. The Morgan fingerprint density at radius 2 is 1.79 bits per heavy atom. The van der Waals surface area contributed by atoms with E-state index in [0.717, 1.165) is 16.7 Å². The number of carbonyl (C=O) groups is 3. The number of ether oxygens (including phenoxy) is 3. The van der Waals surface area contributed by atoms with Gasteiger partial charge in [-0.1, -0.05) is 40.9 Å². The van der Waals surface area contributed by atoms with Gasteiger partial charge in [0.1, 0.15) is 0 Å². The molecule has 0 aromatic heterocycles. The second-order valence-electron chi connectivity index (χ2n) is 6.60. The van der Waals surface area contributed by atoms with E-state index in [1.165, 1.54) is 19.3 Å². The molecule has 0 spiro atoms. The molecule has 2 aromatic rings. The fourth-order valence-electron chi connectivity index (χ4n) is 2.89. The molecule has 1 aliphatic rings. The Balaban J connectivity index is 1.87. The van der Waals surface area contributed by atoms with Gasteiger partial charge in [0.25, 0.3) is 11.1 Å². The number of thioether (sulfide) groups is 1. The molecule has 7 nitrogen and oxygen atoms in total. The van der Waals surface area contributed by atoms with Crippen molar-refractivity contribution in [3.63, 3.8) is 0 Å². The number of hydrogen-bond donors (Lipinski definition) is 0. The second kappa shape index (κ2) is 11.2. The molecule has 174 valence electrons. The van der Waals surface area contributed by atoms with E-state index in [2.05, 4.69) is 4.74 Å². The predicted molar refractivity (Wildman–Crippen MR) is 128 cm³/mol. The van der Waals surface area contributed by atoms with Crippen molar-refractivity contribution in [1.29, 1.82) is 0 Å². The van der Waals surface area contributed by atoms with Crippen LogP contribution in [0.5, 0.6) is 11.5 Å². The minimum Gasteiger partial charge on any atom is -0.490 e. The van der Waals surface area contributed by atoms with Gasteiger partial charge in [-0.2, -0.15) is 0 Å². The highest BCUT2D eigenvalue weighted by molar-refractivity contribution is 8.18. The number of imide groups is 1. The first-order chi connectivity index (χ1) is 15.7. The summed E-state index contributed by atoms with van der Waals surface area (Å²) in [6.07, 6.45) is 1.53. The molecule has 0 unspecified atom stereocenters. The fourth-order valence-corrected chi connectivity index (χ4v) is 4.52. The van der Waals surface area contributed by atoms with Gasteiger partial charge in [-0.15, -0.1) is 0 Å². The molecular formula is C22H18Cl3NO6S. The Bertz CT molecular complexity index is 1120. The maximum absolute atomic E-state index is 12.9. The van der Waals surface area contributed by atoms with Crippen LogP contribution < -0.4 is 9.47 Å². The van der Waals surface area contributed by atoms with E-state index in [4.69, 9.17) is 44.3 Å². The molecule has 33 heavy (non-hydrogen) atoms. The van der Waals surface area contributed by atoms with Gasteiger partial charge in [-0.25, -0.2) is 4.79 Å². The molecule has 0 radical (unpaired) electrons. The second-order valence-corrected chi connectivity index (χ2v) is 8.81. The van der Waals surface area contributed by atoms with E-state index in [-0.39, 0.29) is 34.6 Å². The topological polar surface area (TPSA) is 82.1 Å². The summed E-state index contributed by atoms with van der Waals surface area (Å²) in [4.78, 5) is 38.1. The highest BCUT2D eigenvalue weighted by atomic mass is 35.5. The minimum atomic E-state index is -0.579. The van der Waals surface area contributed by atoms with Crippen LogP contribution in [0.2, 0.25) is 15.1 Å². The average molecular weight is 531 g/mol. The summed E-state index contributed by atoms with van der Waals surface area (Å²) in [6.45, 7) is 1.68. The number of amides is 2. The van der Waals surface area contributed by atoms with Gasteiger partial charge in [0.05, 0.1) is 30.2 Å². The van der Waals surface area contributed by atoms with Crippen molar-refractivity contribution in [2.75, 3.05) is 20.3 Å². The molecule has 2 amide bonds. The molecule has 2 aromatic carbocycles. The quantitative estimate of drug-likeness (QED) is 0.313. The van der Waals surface area contributed by atoms with Crippen LogP contribution in [0.1, 0.15) is 18.1 Å². The van der Waals surface area contributed by atoms with Crippen molar-refractivity contribution >= 4 is 69.8 Å². The first-order valence-electron chi connectivity index (χ1n) is 9.59. The number of nitrogens with zero attached hydrogens (tertiary/aromatic N) is 1. The van der Waals surface area contributed by atoms with Gasteiger partial charge in [0, 0.05) is 15.6 Å². The summed E-state index contributed by atoms with van der Waals surface area (Å²) in [6, 6.07) is 8.09. The zero-order chi connectivity index (χ0) is 24.1. The van der Waals surface area contributed by atoms with E-state index in [9.17, 15) is 14.4 Å². The fraction of sp³-hybridized carbons (Fsp3) is 0.227. The summed E-state index contributed by atoms with van der Waals surface area (Å²) in [5.74, 6) is -0.615. The van der Waals surface area contributed by atoms with Crippen LogP contribution in [0.4, 0.5) is 4.79 Å². The molecule has 1 aliphatic heterocycles. The minimum absolute atomic E-state index is 0.0498. The zero-order valence-electron chi connectivity index (χ0n) is 17.5. The highest BCUT2D eigenvalue weighted by Crippen LogP contribution is 2.40. The summed E-state index contributed by atoms with van der Waals surface area (Å²) in [5.41, 5.74) is 0.994. The molecule has 1 heterocycles. The lowest BCUT2D eigenvalue weighted by molar-refractivity contribution is -0.142. The molecule has 0 atom stereocenters. The van der Waals surface area contributed by atoms with Gasteiger partial charge < -0.3 is 14.2 Å². The Morgan fingerprint density at radius 1 is 1.09 bits per heavy atom. The molecule has 0 bridgehead atoms. The lowest BCUT2D eigenvalue weighted by atomic mass is 10.1. The summed E-state index contributed by atoms with van der Waals surface area (Å²) in [7, 11) is 1.24. The lowest BCUT2D eigenvalue weighted by Crippen LogP contribution is -2.27. The number of methoxy groups -OCH3 is 1. The van der Waals surface area contributed by atoms with Crippen LogP contribution in [-0.4, -0.2) is 42.3 Å². The normalized spacial score (nSPS) is 14.7. The van der Waals surface area contributed by atoms with Gasteiger partial charge in [-0.05, 0) is 54.6 Å². The third-order valence-corrected chi connectivity index (χ3v) is 6.34. The van der Waals surface area contributed by atoms with E-state index >= 15 is 0 Å². The van der Waals surface area contributed by atoms with Crippen LogP contribution in [0, 0.1) is 0 Å². The van der Waals surface area contributed by atoms with Crippen molar-refractivity contribution in [2.45, 2.75) is 13.5 Å². The van der Waals surface area contributed by atoms with Crippen LogP contribution in [0.25, 0.3) is 6.08 Å². The van der Waals surface area contributed by atoms with Crippen molar-refractivity contribution in [3.05, 3.63) is 61.4 Å². The first kappa shape index (κ1) is 25.2. The van der Waals surface area contributed by atoms with Gasteiger partial charge >= 0.3 is 5.97 Å². The SMILES string of the molecule is CCOc1cc(/C=C2\SC(=O)N(Cc3c(Cl)cccc3Cl)C2=O)cc(Cl)c1OCC(=O)OC. The monoisotopic (exact) mass is 529 g/mol. The maximum atomic E-state index is 12.9. The van der Waals surface area contributed by atoms with Crippen LogP contribution >= 0.6 is 46.6 Å².